The van der Waals surface area contributed by atoms with Gasteiger partial charge in [0.05, 0.1) is 6.54 Å². The molecule has 3 rings (SSSR count). The Morgan fingerprint density at radius 2 is 2.04 bits per heavy atom. The molecule has 0 aromatic carbocycles. The first-order valence-corrected chi connectivity index (χ1v) is 9.30. The number of likely N-dealkylation sites (tertiary alicyclic amines) is 1. The number of guanidine groups is 1. The number of aliphatic imine (C=N–C) groups is 1. The van der Waals surface area contributed by atoms with Gasteiger partial charge in [-0.15, -0.1) is 0 Å². The first-order chi connectivity index (χ1) is 11.6. The van der Waals surface area contributed by atoms with E-state index < -0.39 is 0 Å². The molecule has 1 aromatic heterocycles. The molecule has 24 heavy (non-hydrogen) atoms. The molecule has 0 atom stereocenters. The van der Waals surface area contributed by atoms with Crippen molar-refractivity contribution in [3.05, 3.63) is 23.9 Å². The van der Waals surface area contributed by atoms with Crippen molar-refractivity contribution in [1.29, 1.82) is 0 Å². The largest absolute Gasteiger partial charge is 0.357 e. The van der Waals surface area contributed by atoms with Gasteiger partial charge in [0.2, 0.25) is 0 Å². The van der Waals surface area contributed by atoms with Crippen LogP contribution in [0.1, 0.15) is 45.6 Å². The maximum atomic E-state index is 4.84. The molecule has 5 heteroatoms. The number of pyridine rings is 1. The lowest BCUT2D eigenvalue weighted by atomic mass is 9.93. The van der Waals surface area contributed by atoms with Crippen LogP contribution in [0.3, 0.4) is 0 Å². The quantitative estimate of drug-likeness (QED) is 0.681. The third kappa shape index (κ3) is 4.19. The van der Waals surface area contributed by atoms with Gasteiger partial charge in [-0.05, 0) is 43.2 Å². The fourth-order valence-electron chi connectivity index (χ4n) is 3.53. The van der Waals surface area contributed by atoms with E-state index in [0.717, 1.165) is 44.5 Å². The van der Waals surface area contributed by atoms with E-state index in [0.29, 0.717) is 12.0 Å². The molecule has 0 unspecified atom stereocenters. The fourth-order valence-corrected chi connectivity index (χ4v) is 3.53. The van der Waals surface area contributed by atoms with Gasteiger partial charge in [-0.2, -0.15) is 0 Å². The first kappa shape index (κ1) is 17.1. The number of hydrogen-bond donors (Lipinski definition) is 1. The lowest BCUT2D eigenvalue weighted by molar-refractivity contribution is 0.370. The predicted molar refractivity (Wildman–Crippen MR) is 100 cm³/mol. The number of nitrogens with zero attached hydrogens (tertiary/aromatic N) is 4. The predicted octanol–water partition coefficient (Wildman–Crippen LogP) is 2.88. The van der Waals surface area contributed by atoms with E-state index >= 15 is 0 Å². The van der Waals surface area contributed by atoms with Crippen LogP contribution in [0.25, 0.3) is 0 Å². The Morgan fingerprint density at radius 3 is 2.62 bits per heavy atom. The third-order valence-corrected chi connectivity index (χ3v) is 4.96. The molecule has 0 aliphatic carbocycles. The minimum absolute atomic E-state index is 0.384. The van der Waals surface area contributed by atoms with Crippen LogP contribution in [0.15, 0.2) is 23.3 Å². The smallest absolute Gasteiger partial charge is 0.194 e. The Morgan fingerprint density at radius 1 is 1.25 bits per heavy atom. The number of nitrogens with one attached hydrogen (secondary N) is 1. The average molecular weight is 329 g/mol. The molecule has 2 aliphatic heterocycles. The highest BCUT2D eigenvalue weighted by atomic mass is 15.3. The van der Waals surface area contributed by atoms with Crippen molar-refractivity contribution in [3.8, 4) is 0 Å². The molecule has 0 amide bonds. The average Bonchev–Trinajstić information content (AvgIpc) is 3.21. The highest BCUT2D eigenvalue weighted by molar-refractivity contribution is 5.80. The van der Waals surface area contributed by atoms with Crippen LogP contribution < -0.4 is 10.2 Å². The molecule has 2 aliphatic rings. The summed E-state index contributed by atoms with van der Waals surface area (Å²) < 4.78 is 0. The molecule has 3 heterocycles. The minimum Gasteiger partial charge on any atom is -0.357 e. The summed E-state index contributed by atoms with van der Waals surface area (Å²) in [5.41, 5.74) is 1.56. The van der Waals surface area contributed by atoms with Gasteiger partial charge in [0.15, 0.2) is 5.96 Å². The Hall–Kier alpha value is -1.78. The standard InChI is InChI=1S/C19H31N5/c1-4-20-18(24-12-9-19(2,3)15-24)22-14-16-7-8-17(21-13-16)23-10-5-6-11-23/h7-8,13H,4-6,9-12,14-15H2,1-3H3,(H,20,22). The molecular weight excluding hydrogens is 298 g/mol. The van der Waals surface area contributed by atoms with Crippen molar-refractivity contribution in [2.75, 3.05) is 37.6 Å². The molecule has 0 radical (unpaired) electrons. The van der Waals surface area contributed by atoms with E-state index in [1.807, 2.05) is 6.20 Å². The molecule has 2 fully saturated rings. The van der Waals surface area contributed by atoms with Gasteiger partial charge in [0, 0.05) is 38.9 Å². The van der Waals surface area contributed by atoms with E-state index in [9.17, 15) is 0 Å². The zero-order chi connectivity index (χ0) is 17.0. The molecule has 0 spiro atoms. The topological polar surface area (TPSA) is 43.8 Å². The minimum atomic E-state index is 0.384. The van der Waals surface area contributed by atoms with Gasteiger partial charge < -0.3 is 15.1 Å². The summed E-state index contributed by atoms with van der Waals surface area (Å²) in [6, 6.07) is 4.31. The van der Waals surface area contributed by atoms with Crippen molar-refractivity contribution in [2.24, 2.45) is 10.4 Å². The molecule has 132 valence electrons. The summed E-state index contributed by atoms with van der Waals surface area (Å²) in [4.78, 5) is 14.2. The van der Waals surface area contributed by atoms with Gasteiger partial charge in [-0.3, -0.25) is 0 Å². The number of aromatic nitrogens is 1. The van der Waals surface area contributed by atoms with Gasteiger partial charge in [0.25, 0.3) is 0 Å². The highest BCUT2D eigenvalue weighted by Crippen LogP contribution is 2.28. The zero-order valence-corrected chi connectivity index (χ0v) is 15.4. The maximum absolute atomic E-state index is 4.84. The van der Waals surface area contributed by atoms with Crippen LogP contribution in [0.5, 0.6) is 0 Å². The molecule has 0 saturated carbocycles. The number of hydrogen-bond acceptors (Lipinski definition) is 3. The Bertz CT molecular complexity index is 558. The summed E-state index contributed by atoms with van der Waals surface area (Å²) >= 11 is 0. The van der Waals surface area contributed by atoms with E-state index in [1.165, 1.54) is 24.8 Å². The van der Waals surface area contributed by atoms with Gasteiger partial charge in [-0.1, -0.05) is 19.9 Å². The van der Waals surface area contributed by atoms with Gasteiger partial charge in [-0.25, -0.2) is 9.98 Å². The van der Waals surface area contributed by atoms with Crippen LogP contribution >= 0.6 is 0 Å². The third-order valence-electron chi connectivity index (χ3n) is 4.96. The Balaban J connectivity index is 1.63. The molecule has 1 N–H and O–H groups in total. The highest BCUT2D eigenvalue weighted by Gasteiger charge is 2.30. The van der Waals surface area contributed by atoms with E-state index in [2.05, 4.69) is 53.0 Å². The lowest BCUT2D eigenvalue weighted by Gasteiger charge is -2.23. The van der Waals surface area contributed by atoms with E-state index in [4.69, 9.17) is 4.99 Å². The molecule has 2 saturated heterocycles. The summed E-state index contributed by atoms with van der Waals surface area (Å²) in [5.74, 6) is 2.14. The van der Waals surface area contributed by atoms with Crippen LogP contribution in [0.2, 0.25) is 0 Å². The van der Waals surface area contributed by atoms with Gasteiger partial charge >= 0.3 is 0 Å². The number of rotatable bonds is 4. The van der Waals surface area contributed by atoms with Gasteiger partial charge in [0.1, 0.15) is 5.82 Å². The Labute approximate surface area is 146 Å². The van der Waals surface area contributed by atoms with Crippen molar-refractivity contribution in [3.63, 3.8) is 0 Å². The monoisotopic (exact) mass is 329 g/mol. The molecule has 5 nitrogen and oxygen atoms in total. The zero-order valence-electron chi connectivity index (χ0n) is 15.4. The fraction of sp³-hybridized carbons (Fsp3) is 0.684. The summed E-state index contributed by atoms with van der Waals surface area (Å²) in [7, 11) is 0. The van der Waals surface area contributed by atoms with Crippen molar-refractivity contribution in [1.82, 2.24) is 15.2 Å². The second-order valence-electron chi connectivity index (χ2n) is 7.72. The van der Waals surface area contributed by atoms with E-state index in [1.54, 1.807) is 0 Å². The molecular formula is C19H31N5. The van der Waals surface area contributed by atoms with Crippen molar-refractivity contribution >= 4 is 11.8 Å². The first-order valence-electron chi connectivity index (χ1n) is 9.30. The SMILES string of the molecule is CCNC(=NCc1ccc(N2CCCC2)nc1)N1CCC(C)(C)C1. The second-order valence-corrected chi connectivity index (χ2v) is 7.72. The van der Waals surface area contributed by atoms with Crippen LogP contribution in [-0.4, -0.2) is 48.6 Å². The van der Waals surface area contributed by atoms with Crippen molar-refractivity contribution < 1.29 is 0 Å². The lowest BCUT2D eigenvalue weighted by Crippen LogP contribution is -2.40. The molecule has 1 aromatic rings. The normalized spacial score (nSPS) is 20.7. The van der Waals surface area contributed by atoms with Crippen LogP contribution in [0, 0.1) is 5.41 Å². The Kier molecular flexibility index (Phi) is 5.27. The van der Waals surface area contributed by atoms with Crippen molar-refractivity contribution in [2.45, 2.75) is 46.6 Å². The summed E-state index contributed by atoms with van der Waals surface area (Å²) in [6.45, 7) is 12.8. The summed E-state index contributed by atoms with van der Waals surface area (Å²) in [5, 5.41) is 3.44. The second kappa shape index (κ2) is 7.41. The van der Waals surface area contributed by atoms with Crippen LogP contribution in [0.4, 0.5) is 5.82 Å². The van der Waals surface area contributed by atoms with E-state index in [-0.39, 0.29) is 0 Å². The maximum Gasteiger partial charge on any atom is 0.194 e. The number of anilines is 1. The molecule has 0 bridgehead atoms. The summed E-state index contributed by atoms with van der Waals surface area (Å²) in [6.07, 6.45) is 5.77. The van der Waals surface area contributed by atoms with Crippen LogP contribution in [-0.2, 0) is 6.54 Å².